The number of aryl methyl sites for hydroxylation is 1. The van der Waals surface area contributed by atoms with Crippen LogP contribution in [0.1, 0.15) is 13.3 Å². The molecular formula is C6H9N2. The van der Waals surface area contributed by atoms with Crippen LogP contribution in [0.5, 0.6) is 0 Å². The van der Waals surface area contributed by atoms with E-state index in [1.54, 1.807) is 6.20 Å². The zero-order valence-corrected chi connectivity index (χ0v) is 4.96. The SMILES string of the molecule is CCCn1[c]ncc1. The number of imidazole rings is 1. The molecule has 1 aromatic rings. The molecule has 2 heteroatoms. The highest BCUT2D eigenvalue weighted by Crippen LogP contribution is 1.86. The van der Waals surface area contributed by atoms with Crippen LogP contribution in [0.25, 0.3) is 0 Å². The van der Waals surface area contributed by atoms with Gasteiger partial charge in [-0.3, -0.25) is 0 Å². The van der Waals surface area contributed by atoms with Gasteiger partial charge in [-0.25, -0.2) is 4.98 Å². The van der Waals surface area contributed by atoms with E-state index >= 15 is 0 Å². The number of rotatable bonds is 2. The summed E-state index contributed by atoms with van der Waals surface area (Å²) < 4.78 is 1.94. The summed E-state index contributed by atoms with van der Waals surface area (Å²) in [6, 6.07) is 0. The van der Waals surface area contributed by atoms with Gasteiger partial charge in [-0.2, -0.15) is 0 Å². The van der Waals surface area contributed by atoms with E-state index in [4.69, 9.17) is 0 Å². The summed E-state index contributed by atoms with van der Waals surface area (Å²) in [5, 5.41) is 0. The largest absolute Gasteiger partial charge is 0.328 e. The molecule has 0 unspecified atom stereocenters. The summed E-state index contributed by atoms with van der Waals surface area (Å²) in [4.78, 5) is 3.78. The predicted molar refractivity (Wildman–Crippen MR) is 31.4 cm³/mol. The van der Waals surface area contributed by atoms with E-state index in [-0.39, 0.29) is 0 Å². The lowest BCUT2D eigenvalue weighted by Gasteiger charge is -1.92. The fourth-order valence-electron chi connectivity index (χ4n) is 0.620. The van der Waals surface area contributed by atoms with Crippen molar-refractivity contribution >= 4 is 0 Å². The minimum absolute atomic E-state index is 1.03. The number of hydrogen-bond acceptors (Lipinski definition) is 1. The van der Waals surface area contributed by atoms with Crippen molar-refractivity contribution in [1.82, 2.24) is 9.55 Å². The first-order valence-corrected chi connectivity index (χ1v) is 2.82. The molecule has 0 aliphatic heterocycles. The Labute approximate surface area is 49.2 Å². The summed E-state index contributed by atoms with van der Waals surface area (Å²) >= 11 is 0. The summed E-state index contributed by atoms with van der Waals surface area (Å²) in [6.07, 6.45) is 7.62. The third-order valence-corrected chi connectivity index (χ3v) is 0.972. The average Bonchev–Trinajstić information content (AvgIpc) is 2.19. The lowest BCUT2D eigenvalue weighted by atomic mass is 10.5. The van der Waals surface area contributed by atoms with Crippen LogP contribution in [-0.4, -0.2) is 9.55 Å². The maximum Gasteiger partial charge on any atom is 0.176 e. The lowest BCUT2D eigenvalue weighted by molar-refractivity contribution is 0.673. The molecule has 0 bridgehead atoms. The van der Waals surface area contributed by atoms with Gasteiger partial charge in [-0.15, -0.1) is 0 Å². The summed E-state index contributed by atoms with van der Waals surface area (Å²) in [7, 11) is 0. The lowest BCUT2D eigenvalue weighted by Crippen LogP contribution is -1.90. The van der Waals surface area contributed by atoms with E-state index in [1.165, 1.54) is 0 Å². The van der Waals surface area contributed by atoms with Crippen LogP contribution in [0.15, 0.2) is 12.4 Å². The second kappa shape index (κ2) is 2.50. The first-order valence-electron chi connectivity index (χ1n) is 2.82. The number of hydrogen-bond donors (Lipinski definition) is 0. The Hall–Kier alpha value is -0.790. The van der Waals surface area contributed by atoms with Crippen LogP contribution in [0.4, 0.5) is 0 Å². The second-order valence-corrected chi connectivity index (χ2v) is 1.72. The summed E-state index contributed by atoms with van der Waals surface area (Å²) in [5.41, 5.74) is 0. The van der Waals surface area contributed by atoms with Gasteiger partial charge in [0.05, 0.1) is 0 Å². The summed E-state index contributed by atoms with van der Waals surface area (Å²) in [5.74, 6) is 0. The van der Waals surface area contributed by atoms with Crippen LogP contribution in [0.2, 0.25) is 0 Å². The highest BCUT2D eigenvalue weighted by Gasteiger charge is 1.83. The Morgan fingerprint density at radius 2 is 2.62 bits per heavy atom. The van der Waals surface area contributed by atoms with Crippen molar-refractivity contribution < 1.29 is 0 Å². The third kappa shape index (κ3) is 1.09. The van der Waals surface area contributed by atoms with Gasteiger partial charge in [0, 0.05) is 18.9 Å². The Bertz CT molecular complexity index is 132. The quantitative estimate of drug-likeness (QED) is 0.556. The first kappa shape index (κ1) is 5.35. The molecule has 0 spiro atoms. The Kier molecular flexibility index (Phi) is 1.67. The molecule has 0 atom stereocenters. The smallest absolute Gasteiger partial charge is 0.176 e. The molecule has 8 heavy (non-hydrogen) atoms. The van der Waals surface area contributed by atoms with E-state index < -0.39 is 0 Å². The molecule has 1 radical (unpaired) electrons. The summed E-state index contributed by atoms with van der Waals surface area (Å²) in [6.45, 7) is 3.16. The molecule has 0 aromatic carbocycles. The van der Waals surface area contributed by atoms with E-state index in [1.807, 2.05) is 10.8 Å². The zero-order valence-electron chi connectivity index (χ0n) is 4.96. The Balaban J connectivity index is 2.50. The second-order valence-electron chi connectivity index (χ2n) is 1.72. The van der Waals surface area contributed by atoms with Crippen molar-refractivity contribution in [2.24, 2.45) is 0 Å². The fourth-order valence-corrected chi connectivity index (χ4v) is 0.620. The minimum Gasteiger partial charge on any atom is -0.328 e. The van der Waals surface area contributed by atoms with Crippen LogP contribution in [0, 0.1) is 6.33 Å². The van der Waals surface area contributed by atoms with E-state index in [2.05, 4.69) is 18.2 Å². The topological polar surface area (TPSA) is 17.8 Å². The van der Waals surface area contributed by atoms with Crippen molar-refractivity contribution in [3.8, 4) is 0 Å². The molecule has 0 aliphatic carbocycles. The highest BCUT2D eigenvalue weighted by atomic mass is 15.0. The van der Waals surface area contributed by atoms with Crippen molar-refractivity contribution in [1.29, 1.82) is 0 Å². The molecule has 0 saturated heterocycles. The molecule has 1 heterocycles. The van der Waals surface area contributed by atoms with Crippen molar-refractivity contribution in [2.75, 3.05) is 0 Å². The molecule has 1 aromatic heterocycles. The van der Waals surface area contributed by atoms with E-state index in [0.717, 1.165) is 13.0 Å². The molecule has 1 rings (SSSR count). The molecular weight excluding hydrogens is 100 g/mol. The van der Waals surface area contributed by atoms with Gasteiger partial charge >= 0.3 is 0 Å². The zero-order chi connectivity index (χ0) is 5.82. The van der Waals surface area contributed by atoms with Crippen LogP contribution < -0.4 is 0 Å². The van der Waals surface area contributed by atoms with E-state index in [0.29, 0.717) is 0 Å². The Morgan fingerprint density at radius 3 is 3.12 bits per heavy atom. The fraction of sp³-hybridized carbons (Fsp3) is 0.500. The Morgan fingerprint density at radius 1 is 1.75 bits per heavy atom. The molecule has 0 aliphatic rings. The number of nitrogens with zero attached hydrogens (tertiary/aromatic N) is 2. The van der Waals surface area contributed by atoms with Gasteiger partial charge in [0.1, 0.15) is 0 Å². The predicted octanol–water partition coefficient (Wildman–Crippen LogP) is 1.09. The van der Waals surface area contributed by atoms with Gasteiger partial charge in [-0.05, 0) is 6.42 Å². The van der Waals surface area contributed by atoms with Gasteiger partial charge in [0.2, 0.25) is 0 Å². The molecule has 0 N–H and O–H groups in total. The van der Waals surface area contributed by atoms with Crippen LogP contribution in [-0.2, 0) is 6.54 Å². The normalized spacial score (nSPS) is 9.62. The van der Waals surface area contributed by atoms with Gasteiger partial charge in [0.25, 0.3) is 0 Å². The van der Waals surface area contributed by atoms with Crippen LogP contribution in [0.3, 0.4) is 0 Å². The van der Waals surface area contributed by atoms with Crippen LogP contribution >= 0.6 is 0 Å². The maximum absolute atomic E-state index is 3.78. The third-order valence-electron chi connectivity index (χ3n) is 0.972. The van der Waals surface area contributed by atoms with Gasteiger partial charge in [0.15, 0.2) is 6.33 Å². The molecule has 0 saturated carbocycles. The maximum atomic E-state index is 3.78. The minimum atomic E-state index is 1.03. The van der Waals surface area contributed by atoms with E-state index in [9.17, 15) is 0 Å². The van der Waals surface area contributed by atoms with Crippen molar-refractivity contribution in [2.45, 2.75) is 19.9 Å². The van der Waals surface area contributed by atoms with Crippen molar-refractivity contribution in [3.05, 3.63) is 18.7 Å². The van der Waals surface area contributed by atoms with Crippen molar-refractivity contribution in [3.63, 3.8) is 0 Å². The molecule has 0 amide bonds. The first-order chi connectivity index (χ1) is 3.93. The monoisotopic (exact) mass is 109 g/mol. The molecule has 43 valence electrons. The van der Waals surface area contributed by atoms with Gasteiger partial charge in [-0.1, -0.05) is 6.92 Å². The molecule has 2 nitrogen and oxygen atoms in total. The molecule has 0 fully saturated rings. The standard InChI is InChI=1S/C6H9N2/c1-2-4-8-5-3-7-6-8/h3,5H,2,4H2,1H3. The average molecular weight is 109 g/mol. The highest BCUT2D eigenvalue weighted by molar-refractivity contribution is 4.71. The number of aromatic nitrogens is 2. The van der Waals surface area contributed by atoms with Gasteiger partial charge < -0.3 is 4.57 Å².